The lowest BCUT2D eigenvalue weighted by atomic mass is 10.4. The topological polar surface area (TPSA) is 55.1 Å². The standard InChI is InChI=1S/C10H10Cl2N4O/c1-2-16(6-7-4-3-5-17-7)10-14-8(11)13-9(12)15-10/h3-5H,2,6H2,1H3. The van der Waals surface area contributed by atoms with Crippen LogP contribution in [0.3, 0.4) is 0 Å². The third-order valence-electron chi connectivity index (χ3n) is 2.16. The van der Waals surface area contributed by atoms with Crippen molar-refractivity contribution in [2.75, 3.05) is 11.4 Å². The average molecular weight is 273 g/mol. The van der Waals surface area contributed by atoms with E-state index in [-0.39, 0.29) is 10.6 Å². The van der Waals surface area contributed by atoms with Crippen molar-refractivity contribution < 1.29 is 4.42 Å². The maximum Gasteiger partial charge on any atom is 0.231 e. The molecule has 90 valence electrons. The van der Waals surface area contributed by atoms with E-state index in [1.807, 2.05) is 24.0 Å². The van der Waals surface area contributed by atoms with Gasteiger partial charge in [0.1, 0.15) is 5.76 Å². The third-order valence-corrected chi connectivity index (χ3v) is 2.50. The van der Waals surface area contributed by atoms with Gasteiger partial charge in [-0.05, 0) is 42.3 Å². The summed E-state index contributed by atoms with van der Waals surface area (Å²) in [4.78, 5) is 13.7. The van der Waals surface area contributed by atoms with Crippen LogP contribution in [0.5, 0.6) is 0 Å². The first-order valence-corrected chi connectivity index (χ1v) is 5.79. The van der Waals surface area contributed by atoms with Crippen LogP contribution >= 0.6 is 23.2 Å². The van der Waals surface area contributed by atoms with E-state index in [1.165, 1.54) is 0 Å². The van der Waals surface area contributed by atoms with E-state index in [1.54, 1.807) is 6.26 Å². The second kappa shape index (κ2) is 5.33. The molecule has 0 saturated heterocycles. The lowest BCUT2D eigenvalue weighted by molar-refractivity contribution is 0.501. The Hall–Kier alpha value is -1.33. The van der Waals surface area contributed by atoms with Gasteiger partial charge in [0.15, 0.2) is 0 Å². The molecule has 0 amide bonds. The van der Waals surface area contributed by atoms with Gasteiger partial charge in [0.2, 0.25) is 16.5 Å². The monoisotopic (exact) mass is 272 g/mol. The van der Waals surface area contributed by atoms with Crippen LogP contribution in [0.25, 0.3) is 0 Å². The molecule has 2 aromatic heterocycles. The van der Waals surface area contributed by atoms with Crippen LogP contribution in [-0.2, 0) is 6.54 Å². The maximum atomic E-state index is 5.74. The molecule has 0 aliphatic heterocycles. The summed E-state index contributed by atoms with van der Waals surface area (Å²) in [7, 11) is 0. The van der Waals surface area contributed by atoms with E-state index in [4.69, 9.17) is 27.6 Å². The van der Waals surface area contributed by atoms with E-state index in [0.29, 0.717) is 19.0 Å². The van der Waals surface area contributed by atoms with Gasteiger partial charge < -0.3 is 9.32 Å². The Morgan fingerprint density at radius 3 is 2.47 bits per heavy atom. The lowest BCUT2D eigenvalue weighted by Gasteiger charge is -2.19. The fourth-order valence-electron chi connectivity index (χ4n) is 1.37. The molecule has 0 bridgehead atoms. The summed E-state index contributed by atoms with van der Waals surface area (Å²) in [5, 5.41) is 0.163. The Bertz CT molecular complexity index is 469. The molecule has 0 spiro atoms. The van der Waals surface area contributed by atoms with Crippen molar-refractivity contribution in [1.29, 1.82) is 0 Å². The zero-order valence-corrected chi connectivity index (χ0v) is 10.6. The summed E-state index contributed by atoms with van der Waals surface area (Å²) < 4.78 is 5.27. The molecule has 17 heavy (non-hydrogen) atoms. The van der Waals surface area contributed by atoms with Crippen molar-refractivity contribution in [3.63, 3.8) is 0 Å². The maximum absolute atomic E-state index is 5.74. The fraction of sp³-hybridized carbons (Fsp3) is 0.300. The number of hydrogen-bond donors (Lipinski definition) is 0. The van der Waals surface area contributed by atoms with E-state index >= 15 is 0 Å². The van der Waals surface area contributed by atoms with Gasteiger partial charge in [0, 0.05) is 6.54 Å². The minimum Gasteiger partial charge on any atom is -0.467 e. The Balaban J connectivity index is 2.22. The average Bonchev–Trinajstić information content (AvgIpc) is 2.77. The van der Waals surface area contributed by atoms with Crippen molar-refractivity contribution in [1.82, 2.24) is 15.0 Å². The van der Waals surface area contributed by atoms with Gasteiger partial charge in [0.05, 0.1) is 12.8 Å². The molecule has 0 saturated carbocycles. The van der Waals surface area contributed by atoms with Gasteiger partial charge >= 0.3 is 0 Å². The number of nitrogens with zero attached hydrogens (tertiary/aromatic N) is 4. The largest absolute Gasteiger partial charge is 0.467 e. The molecule has 0 atom stereocenters. The van der Waals surface area contributed by atoms with E-state index in [2.05, 4.69) is 15.0 Å². The van der Waals surface area contributed by atoms with Crippen LogP contribution in [0.2, 0.25) is 10.6 Å². The smallest absolute Gasteiger partial charge is 0.231 e. The van der Waals surface area contributed by atoms with E-state index in [9.17, 15) is 0 Å². The number of furan rings is 1. The Morgan fingerprint density at radius 2 is 1.94 bits per heavy atom. The van der Waals surface area contributed by atoms with Crippen molar-refractivity contribution in [2.45, 2.75) is 13.5 Å². The predicted octanol–water partition coefficient (Wildman–Crippen LogP) is 2.80. The zero-order chi connectivity index (χ0) is 12.3. The highest BCUT2D eigenvalue weighted by Gasteiger charge is 2.12. The van der Waals surface area contributed by atoms with Crippen molar-refractivity contribution in [3.8, 4) is 0 Å². The second-order valence-electron chi connectivity index (χ2n) is 3.27. The molecule has 0 fully saturated rings. The van der Waals surface area contributed by atoms with Crippen molar-refractivity contribution >= 4 is 29.2 Å². The van der Waals surface area contributed by atoms with Crippen molar-refractivity contribution in [2.24, 2.45) is 0 Å². The molecular formula is C10H10Cl2N4O. The molecule has 0 aliphatic rings. The first kappa shape index (κ1) is 12.1. The van der Waals surface area contributed by atoms with Gasteiger partial charge in [-0.1, -0.05) is 0 Å². The summed E-state index contributed by atoms with van der Waals surface area (Å²) in [6, 6.07) is 3.71. The number of hydrogen-bond acceptors (Lipinski definition) is 5. The minimum atomic E-state index is 0.0814. The molecule has 2 rings (SSSR count). The third kappa shape index (κ3) is 3.08. The first-order chi connectivity index (χ1) is 8.19. The number of rotatable bonds is 4. The van der Waals surface area contributed by atoms with Gasteiger partial charge in [-0.15, -0.1) is 0 Å². The van der Waals surface area contributed by atoms with Gasteiger partial charge in [-0.3, -0.25) is 0 Å². The molecule has 0 N–H and O–H groups in total. The summed E-state index contributed by atoms with van der Waals surface area (Å²) >= 11 is 11.5. The number of halogens is 2. The molecule has 2 aromatic rings. The molecule has 0 unspecified atom stereocenters. The van der Waals surface area contributed by atoms with Crippen LogP contribution in [0.4, 0.5) is 5.95 Å². The van der Waals surface area contributed by atoms with Gasteiger partial charge in [-0.2, -0.15) is 15.0 Å². The summed E-state index contributed by atoms with van der Waals surface area (Å²) in [6.45, 7) is 3.24. The Morgan fingerprint density at radius 1 is 1.24 bits per heavy atom. The van der Waals surface area contributed by atoms with Gasteiger partial charge in [-0.25, -0.2) is 0 Å². The van der Waals surface area contributed by atoms with Crippen LogP contribution in [-0.4, -0.2) is 21.5 Å². The SMILES string of the molecule is CCN(Cc1ccco1)c1nc(Cl)nc(Cl)n1. The van der Waals surface area contributed by atoms with Crippen LogP contribution in [0.1, 0.15) is 12.7 Å². The van der Waals surface area contributed by atoms with Crippen LogP contribution in [0, 0.1) is 0 Å². The highest BCUT2D eigenvalue weighted by Crippen LogP contribution is 2.16. The molecule has 0 radical (unpaired) electrons. The van der Waals surface area contributed by atoms with Crippen molar-refractivity contribution in [3.05, 3.63) is 34.7 Å². The molecule has 2 heterocycles. The molecule has 5 nitrogen and oxygen atoms in total. The van der Waals surface area contributed by atoms with Crippen LogP contribution < -0.4 is 4.90 Å². The summed E-state index contributed by atoms with van der Waals surface area (Å²) in [6.07, 6.45) is 1.62. The first-order valence-electron chi connectivity index (χ1n) is 5.03. The zero-order valence-electron chi connectivity index (χ0n) is 9.10. The second-order valence-corrected chi connectivity index (χ2v) is 3.94. The van der Waals surface area contributed by atoms with Crippen LogP contribution in [0.15, 0.2) is 22.8 Å². The van der Waals surface area contributed by atoms with E-state index < -0.39 is 0 Å². The Labute approximate surface area is 108 Å². The quantitative estimate of drug-likeness (QED) is 0.857. The molecular weight excluding hydrogens is 263 g/mol. The Kier molecular flexibility index (Phi) is 3.81. The normalized spacial score (nSPS) is 10.5. The summed E-state index contributed by atoms with van der Waals surface area (Å²) in [5.41, 5.74) is 0. The minimum absolute atomic E-state index is 0.0814. The number of aromatic nitrogens is 3. The lowest BCUT2D eigenvalue weighted by Crippen LogP contribution is -2.24. The molecule has 7 heteroatoms. The molecule has 0 aliphatic carbocycles. The number of anilines is 1. The predicted molar refractivity (Wildman–Crippen MR) is 65.3 cm³/mol. The highest BCUT2D eigenvalue weighted by molar-refractivity contribution is 6.31. The van der Waals surface area contributed by atoms with E-state index in [0.717, 1.165) is 5.76 Å². The summed E-state index contributed by atoms with van der Waals surface area (Å²) in [5.74, 6) is 1.26. The fourth-order valence-corrected chi connectivity index (χ4v) is 1.73. The highest BCUT2D eigenvalue weighted by atomic mass is 35.5. The molecule has 0 aromatic carbocycles. The van der Waals surface area contributed by atoms with Gasteiger partial charge in [0.25, 0.3) is 0 Å².